The van der Waals surface area contributed by atoms with Crippen molar-refractivity contribution in [2.75, 3.05) is 13.1 Å². The quantitative estimate of drug-likeness (QED) is 0.855. The van der Waals surface area contributed by atoms with Gasteiger partial charge in [0.25, 0.3) is 5.91 Å². The first-order valence-electron chi connectivity index (χ1n) is 8.09. The number of carbonyl (C=O) groups excluding carboxylic acids is 1. The Morgan fingerprint density at radius 1 is 1.39 bits per heavy atom. The molecule has 1 atom stereocenters. The van der Waals surface area contributed by atoms with Gasteiger partial charge in [0.05, 0.1) is 6.54 Å². The van der Waals surface area contributed by atoms with Crippen molar-refractivity contribution in [2.24, 2.45) is 5.73 Å². The average Bonchev–Trinajstić information content (AvgIpc) is 3.09. The summed E-state index contributed by atoms with van der Waals surface area (Å²) in [6.45, 7) is 2.60. The molecular formula is C15H20N6O2. The second-order valence-electron chi connectivity index (χ2n) is 6.47. The minimum absolute atomic E-state index is 0.296. The SMILES string of the molecule is NC(=O)c1cc([C@@H]2CCCN(Cc3noc(C4CC4)n3)C2)[nH]n1. The summed E-state index contributed by atoms with van der Waals surface area (Å²) >= 11 is 0. The third-order valence-electron chi connectivity index (χ3n) is 4.57. The van der Waals surface area contributed by atoms with Crippen LogP contribution in [0.1, 0.15) is 65.4 Å². The molecule has 0 radical (unpaired) electrons. The van der Waals surface area contributed by atoms with Gasteiger partial charge >= 0.3 is 0 Å². The van der Waals surface area contributed by atoms with Gasteiger partial charge in [-0.15, -0.1) is 0 Å². The number of aromatic nitrogens is 4. The lowest BCUT2D eigenvalue weighted by molar-refractivity contribution is 0.0995. The van der Waals surface area contributed by atoms with Crippen LogP contribution in [0.15, 0.2) is 10.6 Å². The third-order valence-corrected chi connectivity index (χ3v) is 4.57. The zero-order valence-corrected chi connectivity index (χ0v) is 12.9. The number of hydrogen-bond acceptors (Lipinski definition) is 6. The summed E-state index contributed by atoms with van der Waals surface area (Å²) in [6, 6.07) is 1.76. The Hall–Kier alpha value is -2.22. The highest BCUT2D eigenvalue weighted by atomic mass is 16.5. The Morgan fingerprint density at radius 3 is 3.00 bits per heavy atom. The Kier molecular flexibility index (Phi) is 3.60. The van der Waals surface area contributed by atoms with Gasteiger partial charge in [0.2, 0.25) is 5.89 Å². The minimum Gasteiger partial charge on any atom is -0.364 e. The van der Waals surface area contributed by atoms with Crippen molar-refractivity contribution < 1.29 is 9.32 Å². The summed E-state index contributed by atoms with van der Waals surface area (Å²) in [5, 5.41) is 11.0. The zero-order valence-electron chi connectivity index (χ0n) is 12.9. The van der Waals surface area contributed by atoms with E-state index < -0.39 is 5.91 Å². The summed E-state index contributed by atoms with van der Waals surface area (Å²) in [6.07, 6.45) is 4.48. The summed E-state index contributed by atoms with van der Waals surface area (Å²) in [5.41, 5.74) is 6.52. The summed E-state index contributed by atoms with van der Waals surface area (Å²) in [4.78, 5) is 18.0. The van der Waals surface area contributed by atoms with Gasteiger partial charge in [-0.05, 0) is 38.3 Å². The summed E-state index contributed by atoms with van der Waals surface area (Å²) in [5.74, 6) is 1.85. The van der Waals surface area contributed by atoms with Crippen molar-refractivity contribution in [1.82, 2.24) is 25.2 Å². The Bertz CT molecular complexity index is 704. The molecule has 0 aromatic carbocycles. The number of nitrogens with zero attached hydrogens (tertiary/aromatic N) is 4. The van der Waals surface area contributed by atoms with Gasteiger partial charge in [-0.3, -0.25) is 14.8 Å². The number of aromatic amines is 1. The highest BCUT2D eigenvalue weighted by Gasteiger charge is 2.30. The van der Waals surface area contributed by atoms with E-state index in [4.69, 9.17) is 10.3 Å². The number of piperidine rings is 1. The maximum Gasteiger partial charge on any atom is 0.269 e. The predicted molar refractivity (Wildman–Crippen MR) is 80.6 cm³/mol. The smallest absolute Gasteiger partial charge is 0.269 e. The molecule has 1 aliphatic heterocycles. The van der Waals surface area contributed by atoms with Crippen LogP contribution in [0.2, 0.25) is 0 Å². The molecule has 2 aromatic rings. The molecule has 122 valence electrons. The van der Waals surface area contributed by atoms with Crippen molar-refractivity contribution in [2.45, 2.75) is 44.1 Å². The summed E-state index contributed by atoms with van der Waals surface area (Å²) in [7, 11) is 0. The number of H-pyrrole nitrogens is 1. The first-order chi connectivity index (χ1) is 11.2. The van der Waals surface area contributed by atoms with Crippen molar-refractivity contribution in [3.8, 4) is 0 Å². The summed E-state index contributed by atoms with van der Waals surface area (Å²) < 4.78 is 5.32. The maximum atomic E-state index is 11.2. The first kappa shape index (κ1) is 14.4. The van der Waals surface area contributed by atoms with E-state index >= 15 is 0 Å². The van der Waals surface area contributed by atoms with Crippen LogP contribution in [0.5, 0.6) is 0 Å². The number of carbonyl (C=O) groups is 1. The second kappa shape index (κ2) is 5.77. The molecule has 1 saturated carbocycles. The number of primary amides is 1. The lowest BCUT2D eigenvalue weighted by atomic mass is 9.94. The molecule has 0 unspecified atom stereocenters. The molecule has 2 aromatic heterocycles. The van der Waals surface area contributed by atoms with Crippen LogP contribution in [-0.4, -0.2) is 44.2 Å². The van der Waals surface area contributed by atoms with E-state index in [9.17, 15) is 4.79 Å². The number of nitrogens with one attached hydrogen (secondary N) is 1. The highest BCUT2D eigenvalue weighted by molar-refractivity contribution is 5.90. The fraction of sp³-hybridized carbons (Fsp3) is 0.600. The van der Waals surface area contributed by atoms with E-state index in [1.807, 2.05) is 0 Å². The molecule has 1 saturated heterocycles. The van der Waals surface area contributed by atoms with E-state index in [1.165, 1.54) is 0 Å². The lowest BCUT2D eigenvalue weighted by Crippen LogP contribution is -2.34. The average molecular weight is 316 g/mol. The number of nitrogens with two attached hydrogens (primary N) is 1. The number of hydrogen-bond donors (Lipinski definition) is 2. The van der Waals surface area contributed by atoms with E-state index in [-0.39, 0.29) is 0 Å². The molecule has 2 fully saturated rings. The molecule has 3 heterocycles. The zero-order chi connectivity index (χ0) is 15.8. The molecule has 4 rings (SSSR count). The topological polar surface area (TPSA) is 114 Å². The van der Waals surface area contributed by atoms with E-state index in [0.717, 1.165) is 56.2 Å². The molecule has 3 N–H and O–H groups in total. The van der Waals surface area contributed by atoms with Gasteiger partial charge in [-0.25, -0.2) is 0 Å². The minimum atomic E-state index is -0.500. The molecule has 0 bridgehead atoms. The van der Waals surface area contributed by atoms with Crippen LogP contribution < -0.4 is 5.73 Å². The number of rotatable bonds is 5. The second-order valence-corrected chi connectivity index (χ2v) is 6.47. The third kappa shape index (κ3) is 3.12. The highest BCUT2D eigenvalue weighted by Crippen LogP contribution is 2.39. The first-order valence-corrected chi connectivity index (χ1v) is 8.09. The Labute approximate surface area is 133 Å². The van der Waals surface area contributed by atoms with Crippen molar-refractivity contribution >= 4 is 5.91 Å². The fourth-order valence-electron chi connectivity index (χ4n) is 3.15. The van der Waals surface area contributed by atoms with E-state index in [1.54, 1.807) is 6.07 Å². The monoisotopic (exact) mass is 316 g/mol. The fourth-order valence-corrected chi connectivity index (χ4v) is 3.15. The van der Waals surface area contributed by atoms with Gasteiger partial charge in [0.15, 0.2) is 5.82 Å². The maximum absolute atomic E-state index is 11.2. The molecule has 0 spiro atoms. The van der Waals surface area contributed by atoms with Crippen molar-refractivity contribution in [1.29, 1.82) is 0 Å². The van der Waals surface area contributed by atoms with Crippen molar-refractivity contribution in [3.63, 3.8) is 0 Å². The molecule has 8 heteroatoms. The normalized spacial score (nSPS) is 22.3. The van der Waals surface area contributed by atoms with Crippen LogP contribution in [-0.2, 0) is 6.54 Å². The van der Waals surface area contributed by atoms with Gasteiger partial charge in [-0.2, -0.15) is 10.1 Å². The van der Waals surface area contributed by atoms with Crippen LogP contribution >= 0.6 is 0 Å². The predicted octanol–water partition coefficient (Wildman–Crippen LogP) is 1.15. The van der Waals surface area contributed by atoms with Gasteiger partial charge in [0, 0.05) is 24.1 Å². The molecule has 8 nitrogen and oxygen atoms in total. The van der Waals surface area contributed by atoms with Crippen LogP contribution in [0.3, 0.4) is 0 Å². The van der Waals surface area contributed by atoms with Gasteiger partial charge < -0.3 is 10.3 Å². The van der Waals surface area contributed by atoms with Crippen LogP contribution in [0.4, 0.5) is 0 Å². The molecule has 1 aliphatic carbocycles. The van der Waals surface area contributed by atoms with Crippen molar-refractivity contribution in [3.05, 3.63) is 29.2 Å². The van der Waals surface area contributed by atoms with Gasteiger partial charge in [0.1, 0.15) is 5.69 Å². The van der Waals surface area contributed by atoms with Gasteiger partial charge in [-0.1, -0.05) is 5.16 Å². The number of likely N-dealkylation sites (tertiary alicyclic amines) is 1. The molecule has 1 amide bonds. The molecule has 2 aliphatic rings. The largest absolute Gasteiger partial charge is 0.364 e. The Balaban J connectivity index is 1.40. The van der Waals surface area contributed by atoms with Crippen LogP contribution in [0.25, 0.3) is 0 Å². The molecular weight excluding hydrogens is 296 g/mol. The standard InChI is InChI=1S/C15H20N6O2/c16-14(22)12-6-11(18-19-12)10-2-1-5-21(7-10)8-13-17-15(23-20-13)9-3-4-9/h6,9-10H,1-5,7-8H2,(H2,16,22)(H,18,19)/t10-/m1/s1. The Morgan fingerprint density at radius 2 is 2.26 bits per heavy atom. The van der Waals surface area contributed by atoms with E-state index in [2.05, 4.69) is 25.2 Å². The molecule has 23 heavy (non-hydrogen) atoms. The number of amides is 1. The lowest BCUT2D eigenvalue weighted by Gasteiger charge is -2.31. The van der Waals surface area contributed by atoms with Crippen LogP contribution in [0, 0.1) is 0 Å². The van der Waals surface area contributed by atoms with E-state index in [0.29, 0.717) is 24.1 Å².